The summed E-state index contributed by atoms with van der Waals surface area (Å²) in [6.45, 7) is 5.54. The molecule has 3 heteroatoms. The summed E-state index contributed by atoms with van der Waals surface area (Å²) in [5.74, 6) is -0.265. The van der Waals surface area contributed by atoms with E-state index in [4.69, 9.17) is 5.11 Å². The van der Waals surface area contributed by atoms with Gasteiger partial charge in [0.05, 0.1) is 6.04 Å². The van der Waals surface area contributed by atoms with Crippen LogP contribution in [0.1, 0.15) is 24.9 Å². The van der Waals surface area contributed by atoms with Crippen LogP contribution in [0.2, 0.25) is 0 Å². The fourth-order valence-corrected chi connectivity index (χ4v) is 2.47. The number of aliphatic hydroxyl groups excluding tert-OH is 1. The van der Waals surface area contributed by atoms with Gasteiger partial charge in [-0.25, -0.2) is 0 Å². The Kier molecular flexibility index (Phi) is 5.12. The van der Waals surface area contributed by atoms with Crippen LogP contribution in [0.25, 0.3) is 10.8 Å². The Morgan fingerprint density at radius 2 is 2.00 bits per heavy atom. The number of carbonyl (C=O) groups excluding carboxylic acids is 1. The molecule has 2 aromatic carbocycles. The minimum absolute atomic E-state index is 0.0560. The SMILES string of the molecule is C=CC(CO)CC(=O)NC(C)c1cccc2ccccc12. The molecule has 2 unspecified atom stereocenters. The summed E-state index contributed by atoms with van der Waals surface area (Å²) in [5.41, 5.74) is 1.10. The molecule has 110 valence electrons. The van der Waals surface area contributed by atoms with Crippen LogP contribution in [0, 0.1) is 5.92 Å². The molecule has 0 spiro atoms. The molecule has 2 rings (SSSR count). The highest BCUT2D eigenvalue weighted by Crippen LogP contribution is 2.24. The van der Waals surface area contributed by atoms with Crippen molar-refractivity contribution in [2.45, 2.75) is 19.4 Å². The van der Waals surface area contributed by atoms with E-state index in [0.717, 1.165) is 16.3 Å². The number of amides is 1. The lowest BCUT2D eigenvalue weighted by molar-refractivity contribution is -0.122. The van der Waals surface area contributed by atoms with Crippen LogP contribution in [-0.2, 0) is 4.79 Å². The van der Waals surface area contributed by atoms with Crippen LogP contribution in [0.15, 0.2) is 55.1 Å². The summed E-state index contributed by atoms with van der Waals surface area (Å²) in [5, 5.41) is 14.4. The normalized spacial score (nSPS) is 13.6. The number of aliphatic hydroxyl groups is 1. The lowest BCUT2D eigenvalue weighted by Crippen LogP contribution is -2.28. The van der Waals surface area contributed by atoms with E-state index in [9.17, 15) is 4.79 Å². The van der Waals surface area contributed by atoms with Gasteiger partial charge in [-0.15, -0.1) is 6.58 Å². The van der Waals surface area contributed by atoms with Crippen molar-refractivity contribution in [3.05, 3.63) is 60.7 Å². The molecule has 0 fully saturated rings. The van der Waals surface area contributed by atoms with Gasteiger partial charge in [0.1, 0.15) is 0 Å². The molecule has 0 aromatic heterocycles. The summed E-state index contributed by atoms with van der Waals surface area (Å²) >= 11 is 0. The maximum absolute atomic E-state index is 12.0. The maximum Gasteiger partial charge on any atom is 0.221 e. The average Bonchev–Trinajstić information content (AvgIpc) is 2.51. The molecule has 0 aliphatic carbocycles. The lowest BCUT2D eigenvalue weighted by atomic mass is 9.99. The second-order valence-electron chi connectivity index (χ2n) is 5.24. The number of nitrogens with one attached hydrogen (secondary N) is 1. The number of fused-ring (bicyclic) bond motifs is 1. The van der Waals surface area contributed by atoms with E-state index >= 15 is 0 Å². The van der Waals surface area contributed by atoms with Crippen molar-refractivity contribution in [3.63, 3.8) is 0 Å². The smallest absolute Gasteiger partial charge is 0.221 e. The quantitative estimate of drug-likeness (QED) is 0.800. The zero-order valence-electron chi connectivity index (χ0n) is 12.3. The minimum Gasteiger partial charge on any atom is -0.396 e. The van der Waals surface area contributed by atoms with E-state index in [0.29, 0.717) is 0 Å². The molecule has 0 radical (unpaired) electrons. The second kappa shape index (κ2) is 7.04. The number of hydrogen-bond acceptors (Lipinski definition) is 2. The third-order valence-electron chi connectivity index (χ3n) is 3.68. The van der Waals surface area contributed by atoms with Crippen molar-refractivity contribution >= 4 is 16.7 Å². The van der Waals surface area contributed by atoms with E-state index < -0.39 is 0 Å². The maximum atomic E-state index is 12.0. The van der Waals surface area contributed by atoms with E-state index in [1.54, 1.807) is 6.08 Å². The van der Waals surface area contributed by atoms with Gasteiger partial charge < -0.3 is 10.4 Å². The van der Waals surface area contributed by atoms with Gasteiger partial charge in [0.15, 0.2) is 0 Å². The molecule has 0 bridgehead atoms. The van der Waals surface area contributed by atoms with Crippen LogP contribution in [0.5, 0.6) is 0 Å². The van der Waals surface area contributed by atoms with Crippen molar-refractivity contribution in [1.82, 2.24) is 5.32 Å². The molecule has 3 nitrogen and oxygen atoms in total. The van der Waals surface area contributed by atoms with Gasteiger partial charge in [-0.05, 0) is 23.3 Å². The topological polar surface area (TPSA) is 49.3 Å². The Balaban J connectivity index is 2.13. The summed E-state index contributed by atoms with van der Waals surface area (Å²) in [7, 11) is 0. The molecule has 0 aliphatic rings. The molecular formula is C18H21NO2. The number of rotatable bonds is 6. The standard InChI is InChI=1S/C18H21NO2/c1-3-14(12-20)11-18(21)19-13(2)16-10-6-8-15-7-4-5-9-17(15)16/h3-10,13-14,20H,1,11-12H2,2H3,(H,19,21). The summed E-state index contributed by atoms with van der Waals surface area (Å²) in [6.07, 6.45) is 1.87. The first-order chi connectivity index (χ1) is 10.2. The molecule has 2 N–H and O–H groups in total. The van der Waals surface area contributed by atoms with Gasteiger partial charge in [0.2, 0.25) is 5.91 Å². The van der Waals surface area contributed by atoms with Crippen molar-refractivity contribution in [1.29, 1.82) is 0 Å². The Bertz CT molecular complexity index is 631. The van der Waals surface area contributed by atoms with Gasteiger partial charge in [-0.1, -0.05) is 48.5 Å². The Morgan fingerprint density at radius 3 is 2.71 bits per heavy atom. The average molecular weight is 283 g/mol. The van der Waals surface area contributed by atoms with Crippen molar-refractivity contribution in [2.75, 3.05) is 6.61 Å². The molecule has 2 atom stereocenters. The van der Waals surface area contributed by atoms with Crippen LogP contribution in [0.4, 0.5) is 0 Å². The molecular weight excluding hydrogens is 262 g/mol. The zero-order chi connectivity index (χ0) is 15.2. The van der Waals surface area contributed by atoms with E-state index in [1.807, 2.05) is 31.2 Å². The van der Waals surface area contributed by atoms with Gasteiger partial charge in [0, 0.05) is 18.9 Å². The van der Waals surface area contributed by atoms with Crippen LogP contribution in [-0.4, -0.2) is 17.6 Å². The largest absolute Gasteiger partial charge is 0.396 e. The first kappa shape index (κ1) is 15.3. The predicted octanol–water partition coefficient (Wildman–Crippen LogP) is 3.20. The van der Waals surface area contributed by atoms with E-state index in [1.165, 1.54) is 0 Å². The predicted molar refractivity (Wildman–Crippen MR) is 85.9 cm³/mol. The van der Waals surface area contributed by atoms with Crippen molar-refractivity contribution < 1.29 is 9.90 Å². The molecule has 0 aliphatic heterocycles. The second-order valence-corrected chi connectivity index (χ2v) is 5.24. The highest BCUT2D eigenvalue weighted by molar-refractivity contribution is 5.86. The lowest BCUT2D eigenvalue weighted by Gasteiger charge is -2.18. The zero-order valence-corrected chi connectivity index (χ0v) is 12.3. The Labute approximate surface area is 125 Å². The monoisotopic (exact) mass is 283 g/mol. The van der Waals surface area contributed by atoms with E-state index in [2.05, 4.69) is 30.1 Å². The van der Waals surface area contributed by atoms with Crippen molar-refractivity contribution in [2.24, 2.45) is 5.92 Å². The fourth-order valence-electron chi connectivity index (χ4n) is 2.47. The number of benzene rings is 2. The van der Waals surface area contributed by atoms with Crippen LogP contribution >= 0.6 is 0 Å². The highest BCUT2D eigenvalue weighted by atomic mass is 16.3. The molecule has 0 saturated heterocycles. The number of carbonyl (C=O) groups is 1. The molecule has 0 heterocycles. The number of hydrogen-bond donors (Lipinski definition) is 2. The van der Waals surface area contributed by atoms with Crippen LogP contribution < -0.4 is 5.32 Å². The Morgan fingerprint density at radius 1 is 1.29 bits per heavy atom. The van der Waals surface area contributed by atoms with Crippen LogP contribution in [0.3, 0.4) is 0 Å². The first-order valence-corrected chi connectivity index (χ1v) is 7.16. The fraction of sp³-hybridized carbons (Fsp3) is 0.278. The minimum atomic E-state index is -0.190. The first-order valence-electron chi connectivity index (χ1n) is 7.16. The van der Waals surface area contributed by atoms with Gasteiger partial charge in [-0.3, -0.25) is 4.79 Å². The molecule has 1 amide bonds. The van der Waals surface area contributed by atoms with Gasteiger partial charge >= 0.3 is 0 Å². The Hall–Kier alpha value is -2.13. The third kappa shape index (κ3) is 3.70. The summed E-state index contributed by atoms with van der Waals surface area (Å²) in [4.78, 5) is 12.0. The molecule has 2 aromatic rings. The van der Waals surface area contributed by atoms with Gasteiger partial charge in [-0.2, -0.15) is 0 Å². The third-order valence-corrected chi connectivity index (χ3v) is 3.68. The van der Waals surface area contributed by atoms with E-state index in [-0.39, 0.29) is 30.9 Å². The van der Waals surface area contributed by atoms with Gasteiger partial charge in [0.25, 0.3) is 0 Å². The molecule has 21 heavy (non-hydrogen) atoms. The summed E-state index contributed by atoms with van der Waals surface area (Å²) in [6, 6.07) is 14.1. The molecule has 0 saturated carbocycles. The van der Waals surface area contributed by atoms with Crippen molar-refractivity contribution in [3.8, 4) is 0 Å². The highest BCUT2D eigenvalue weighted by Gasteiger charge is 2.14. The summed E-state index contributed by atoms with van der Waals surface area (Å²) < 4.78 is 0.